The van der Waals surface area contributed by atoms with E-state index in [2.05, 4.69) is 53.8 Å². The molecule has 0 amide bonds. The number of ether oxygens (including phenoxy) is 1. The molecule has 1 aromatic carbocycles. The molecule has 0 saturated heterocycles. The molecule has 0 aliphatic rings. The van der Waals surface area contributed by atoms with E-state index in [1.165, 1.54) is 5.56 Å². The topological polar surface area (TPSA) is 63.5 Å². The number of rotatable bonds is 9. The van der Waals surface area contributed by atoms with Crippen molar-refractivity contribution >= 4 is 29.9 Å². The lowest BCUT2D eigenvalue weighted by Gasteiger charge is -2.16. The SMILES string of the molecule is CCNC(=NCC(C)Oc1ccccc1C)NCCCn1cc(C)cn1.I. The van der Waals surface area contributed by atoms with E-state index in [0.29, 0.717) is 6.54 Å². The molecule has 1 unspecified atom stereocenters. The summed E-state index contributed by atoms with van der Waals surface area (Å²) >= 11 is 0. The van der Waals surface area contributed by atoms with Gasteiger partial charge in [0.1, 0.15) is 11.9 Å². The van der Waals surface area contributed by atoms with Crippen LogP contribution in [-0.4, -0.2) is 41.5 Å². The number of nitrogens with one attached hydrogen (secondary N) is 2. The lowest BCUT2D eigenvalue weighted by molar-refractivity contribution is 0.228. The second-order valence-corrected chi connectivity index (χ2v) is 6.47. The fourth-order valence-corrected chi connectivity index (χ4v) is 2.54. The zero-order chi connectivity index (χ0) is 18.8. The summed E-state index contributed by atoms with van der Waals surface area (Å²) in [5, 5.41) is 10.9. The number of aliphatic imine (C=N–C) groups is 1. The lowest BCUT2D eigenvalue weighted by atomic mass is 10.2. The smallest absolute Gasteiger partial charge is 0.191 e. The van der Waals surface area contributed by atoms with Gasteiger partial charge in [-0.25, -0.2) is 4.99 Å². The highest BCUT2D eigenvalue weighted by atomic mass is 127. The van der Waals surface area contributed by atoms with Gasteiger partial charge in [0.15, 0.2) is 5.96 Å². The van der Waals surface area contributed by atoms with Gasteiger partial charge in [-0.1, -0.05) is 18.2 Å². The minimum Gasteiger partial charge on any atom is -0.489 e. The van der Waals surface area contributed by atoms with Crippen molar-refractivity contribution in [3.05, 3.63) is 47.8 Å². The zero-order valence-electron chi connectivity index (χ0n) is 16.7. The van der Waals surface area contributed by atoms with E-state index in [0.717, 1.165) is 43.3 Å². The van der Waals surface area contributed by atoms with Gasteiger partial charge in [0.2, 0.25) is 0 Å². The third-order valence-electron chi connectivity index (χ3n) is 3.89. The number of guanidine groups is 1. The standard InChI is InChI=1S/C20H31N5O.HI/c1-5-21-20(22-11-8-12-25-15-16(2)13-24-25)23-14-18(4)26-19-10-7-6-9-17(19)3;/h6-7,9-10,13,15,18H,5,8,11-12,14H2,1-4H3,(H2,21,22,23);1H. The van der Waals surface area contributed by atoms with E-state index < -0.39 is 0 Å². The van der Waals surface area contributed by atoms with Gasteiger partial charge in [-0.2, -0.15) is 5.10 Å². The van der Waals surface area contributed by atoms with E-state index in [1.807, 2.05) is 36.0 Å². The van der Waals surface area contributed by atoms with Crippen LogP contribution < -0.4 is 15.4 Å². The minimum atomic E-state index is 0. The van der Waals surface area contributed by atoms with Gasteiger partial charge in [-0.3, -0.25) is 4.68 Å². The van der Waals surface area contributed by atoms with E-state index >= 15 is 0 Å². The Morgan fingerprint density at radius 3 is 2.70 bits per heavy atom. The predicted molar refractivity (Wildman–Crippen MR) is 122 cm³/mol. The largest absolute Gasteiger partial charge is 0.489 e. The van der Waals surface area contributed by atoms with Crippen molar-refractivity contribution in [3.63, 3.8) is 0 Å². The number of hydrogen-bond acceptors (Lipinski definition) is 3. The number of aryl methyl sites for hydroxylation is 3. The molecule has 0 radical (unpaired) electrons. The molecule has 0 aliphatic heterocycles. The summed E-state index contributed by atoms with van der Waals surface area (Å²) in [6, 6.07) is 8.06. The minimum absolute atomic E-state index is 0. The molecule has 27 heavy (non-hydrogen) atoms. The van der Waals surface area contributed by atoms with Crippen LogP contribution in [0.5, 0.6) is 5.75 Å². The van der Waals surface area contributed by atoms with Crippen molar-refractivity contribution in [2.24, 2.45) is 4.99 Å². The van der Waals surface area contributed by atoms with Crippen LogP contribution in [0, 0.1) is 13.8 Å². The van der Waals surface area contributed by atoms with Gasteiger partial charge < -0.3 is 15.4 Å². The van der Waals surface area contributed by atoms with Gasteiger partial charge in [0.05, 0.1) is 12.7 Å². The van der Waals surface area contributed by atoms with E-state index in [1.54, 1.807) is 0 Å². The molecule has 2 rings (SSSR count). The summed E-state index contributed by atoms with van der Waals surface area (Å²) in [6.45, 7) is 11.4. The summed E-state index contributed by atoms with van der Waals surface area (Å²) in [7, 11) is 0. The molecule has 2 aromatic rings. The van der Waals surface area contributed by atoms with Crippen LogP contribution in [0.3, 0.4) is 0 Å². The van der Waals surface area contributed by atoms with Crippen molar-refractivity contribution in [3.8, 4) is 5.75 Å². The number of halogens is 1. The fraction of sp³-hybridized carbons (Fsp3) is 0.500. The van der Waals surface area contributed by atoms with Crippen LogP contribution in [0.25, 0.3) is 0 Å². The Labute approximate surface area is 179 Å². The highest BCUT2D eigenvalue weighted by Gasteiger charge is 2.06. The first kappa shape index (κ1) is 23.3. The van der Waals surface area contributed by atoms with Crippen LogP contribution in [0.2, 0.25) is 0 Å². The molecule has 2 N–H and O–H groups in total. The van der Waals surface area contributed by atoms with Crippen LogP contribution in [0.4, 0.5) is 0 Å². The van der Waals surface area contributed by atoms with E-state index in [9.17, 15) is 0 Å². The van der Waals surface area contributed by atoms with E-state index in [4.69, 9.17) is 4.74 Å². The Morgan fingerprint density at radius 2 is 2.04 bits per heavy atom. The number of hydrogen-bond donors (Lipinski definition) is 2. The number of para-hydroxylation sites is 1. The van der Waals surface area contributed by atoms with Gasteiger partial charge in [-0.05, 0) is 51.3 Å². The average molecular weight is 485 g/mol. The third-order valence-corrected chi connectivity index (χ3v) is 3.89. The molecule has 0 fully saturated rings. The molecule has 1 aromatic heterocycles. The summed E-state index contributed by atoms with van der Waals surface area (Å²) in [6.07, 6.45) is 4.94. The summed E-state index contributed by atoms with van der Waals surface area (Å²) in [4.78, 5) is 4.63. The molecule has 150 valence electrons. The maximum absolute atomic E-state index is 5.99. The maximum Gasteiger partial charge on any atom is 0.191 e. The summed E-state index contributed by atoms with van der Waals surface area (Å²) in [5.74, 6) is 1.74. The Hall–Kier alpha value is -1.77. The Bertz CT molecular complexity index is 701. The lowest BCUT2D eigenvalue weighted by Crippen LogP contribution is -2.38. The third kappa shape index (κ3) is 8.64. The summed E-state index contributed by atoms with van der Waals surface area (Å²) in [5.41, 5.74) is 2.33. The molecule has 1 heterocycles. The Balaban J connectivity index is 0.00000364. The molecule has 0 spiro atoms. The van der Waals surface area contributed by atoms with Crippen molar-refractivity contribution in [1.29, 1.82) is 0 Å². The highest BCUT2D eigenvalue weighted by Crippen LogP contribution is 2.17. The normalized spacial score (nSPS) is 12.2. The predicted octanol–water partition coefficient (Wildman–Crippen LogP) is 3.53. The van der Waals surface area contributed by atoms with Crippen molar-refractivity contribution < 1.29 is 4.74 Å². The number of nitrogens with zero attached hydrogens (tertiary/aromatic N) is 3. The fourth-order valence-electron chi connectivity index (χ4n) is 2.54. The molecule has 6 nitrogen and oxygen atoms in total. The number of aromatic nitrogens is 2. The van der Waals surface area contributed by atoms with Crippen LogP contribution in [0.15, 0.2) is 41.7 Å². The van der Waals surface area contributed by atoms with Gasteiger partial charge in [0, 0.05) is 25.8 Å². The first-order valence-electron chi connectivity index (χ1n) is 9.32. The van der Waals surface area contributed by atoms with Crippen molar-refractivity contribution in [2.45, 2.75) is 46.8 Å². The molecular formula is C20H32IN5O. The first-order chi connectivity index (χ1) is 12.6. The maximum atomic E-state index is 5.99. The first-order valence-corrected chi connectivity index (χ1v) is 9.32. The van der Waals surface area contributed by atoms with Gasteiger partial charge in [-0.15, -0.1) is 24.0 Å². The summed E-state index contributed by atoms with van der Waals surface area (Å²) < 4.78 is 7.96. The Kier molecular flexibility index (Phi) is 10.8. The average Bonchev–Trinajstić information content (AvgIpc) is 3.03. The quantitative estimate of drug-likeness (QED) is 0.247. The second-order valence-electron chi connectivity index (χ2n) is 6.47. The monoisotopic (exact) mass is 485 g/mol. The zero-order valence-corrected chi connectivity index (χ0v) is 19.1. The van der Waals surface area contributed by atoms with Crippen molar-refractivity contribution in [1.82, 2.24) is 20.4 Å². The molecular weight excluding hydrogens is 453 g/mol. The molecule has 0 saturated carbocycles. The molecule has 0 aliphatic carbocycles. The highest BCUT2D eigenvalue weighted by molar-refractivity contribution is 14.0. The Morgan fingerprint density at radius 1 is 1.26 bits per heavy atom. The molecule has 1 atom stereocenters. The molecule has 0 bridgehead atoms. The second kappa shape index (κ2) is 12.6. The van der Waals surface area contributed by atoms with Crippen molar-refractivity contribution in [2.75, 3.05) is 19.6 Å². The van der Waals surface area contributed by atoms with Crippen LogP contribution in [-0.2, 0) is 6.54 Å². The van der Waals surface area contributed by atoms with E-state index in [-0.39, 0.29) is 30.1 Å². The van der Waals surface area contributed by atoms with Gasteiger partial charge >= 0.3 is 0 Å². The van der Waals surface area contributed by atoms with Crippen LogP contribution in [0.1, 0.15) is 31.4 Å². The van der Waals surface area contributed by atoms with Crippen LogP contribution >= 0.6 is 24.0 Å². The molecule has 7 heteroatoms. The number of benzene rings is 1. The van der Waals surface area contributed by atoms with Gasteiger partial charge in [0.25, 0.3) is 0 Å².